The van der Waals surface area contributed by atoms with Crippen LogP contribution in [0.25, 0.3) is 0 Å². The molecular formula is C17H22O6. The van der Waals surface area contributed by atoms with Gasteiger partial charge in [-0.05, 0) is 24.3 Å². The highest BCUT2D eigenvalue weighted by molar-refractivity contribution is 5.85. The predicted octanol–water partition coefficient (Wildman–Crippen LogP) is 2.69. The molecule has 6 nitrogen and oxygen atoms in total. The van der Waals surface area contributed by atoms with E-state index in [0.717, 1.165) is 0 Å². The molecule has 0 saturated carbocycles. The van der Waals surface area contributed by atoms with E-state index >= 15 is 0 Å². The topological polar surface area (TPSA) is 112 Å². The second-order valence-electron chi connectivity index (χ2n) is 5.51. The molecule has 0 aliphatic heterocycles. The second-order valence-corrected chi connectivity index (χ2v) is 5.51. The van der Waals surface area contributed by atoms with E-state index in [4.69, 9.17) is 0 Å². The van der Waals surface area contributed by atoms with E-state index in [0.29, 0.717) is 12.0 Å². The van der Waals surface area contributed by atoms with Gasteiger partial charge in [0.2, 0.25) is 0 Å². The van der Waals surface area contributed by atoms with Gasteiger partial charge in [-0.3, -0.25) is 14.4 Å². The van der Waals surface area contributed by atoms with Crippen molar-refractivity contribution in [2.45, 2.75) is 32.6 Å². The molecule has 0 aromatic heterocycles. The van der Waals surface area contributed by atoms with Crippen molar-refractivity contribution < 1.29 is 29.7 Å². The van der Waals surface area contributed by atoms with Crippen LogP contribution in [0.5, 0.6) is 0 Å². The van der Waals surface area contributed by atoms with E-state index < -0.39 is 41.6 Å². The van der Waals surface area contributed by atoms with Gasteiger partial charge in [0.15, 0.2) is 0 Å². The predicted molar refractivity (Wildman–Crippen MR) is 83.1 cm³/mol. The Hall–Kier alpha value is -2.37. The Bertz CT molecular complexity index is 553. The first-order valence-electron chi connectivity index (χ1n) is 7.58. The normalized spacial score (nSPS) is 16.1. The molecule has 0 aliphatic rings. The van der Waals surface area contributed by atoms with Crippen LogP contribution in [-0.2, 0) is 14.4 Å². The van der Waals surface area contributed by atoms with E-state index in [9.17, 15) is 29.7 Å². The highest BCUT2D eigenvalue weighted by Gasteiger charge is 2.45. The number of carboxylic acid groups (broad SMARTS) is 3. The summed E-state index contributed by atoms with van der Waals surface area (Å²) in [6.07, 6.45) is 0.460. The van der Waals surface area contributed by atoms with E-state index in [1.807, 2.05) is 0 Å². The van der Waals surface area contributed by atoms with Crippen LogP contribution in [0.15, 0.2) is 30.3 Å². The zero-order valence-corrected chi connectivity index (χ0v) is 13.2. The first-order chi connectivity index (χ1) is 10.8. The SMILES string of the molecule is CCC(C(=O)O)C(C(=O)O)C(C(=O)O)C(CC)c1ccccc1. The van der Waals surface area contributed by atoms with Crippen molar-refractivity contribution >= 4 is 17.9 Å². The van der Waals surface area contributed by atoms with Gasteiger partial charge < -0.3 is 15.3 Å². The highest BCUT2D eigenvalue weighted by atomic mass is 16.4. The highest BCUT2D eigenvalue weighted by Crippen LogP contribution is 2.38. The van der Waals surface area contributed by atoms with Crippen molar-refractivity contribution in [3.05, 3.63) is 35.9 Å². The number of carboxylic acids is 3. The van der Waals surface area contributed by atoms with Gasteiger partial charge in [-0.2, -0.15) is 0 Å². The maximum absolute atomic E-state index is 11.8. The summed E-state index contributed by atoms with van der Waals surface area (Å²) in [4.78, 5) is 34.9. The van der Waals surface area contributed by atoms with Gasteiger partial charge in [0, 0.05) is 0 Å². The van der Waals surface area contributed by atoms with Crippen LogP contribution in [-0.4, -0.2) is 33.2 Å². The minimum Gasteiger partial charge on any atom is -0.481 e. The van der Waals surface area contributed by atoms with Crippen LogP contribution in [0.1, 0.15) is 38.2 Å². The summed E-state index contributed by atoms with van der Waals surface area (Å²) >= 11 is 0. The summed E-state index contributed by atoms with van der Waals surface area (Å²) in [5.41, 5.74) is 0.703. The van der Waals surface area contributed by atoms with Crippen LogP contribution in [0.3, 0.4) is 0 Å². The van der Waals surface area contributed by atoms with Crippen molar-refractivity contribution in [1.29, 1.82) is 0 Å². The Morgan fingerprint density at radius 3 is 1.70 bits per heavy atom. The molecule has 1 aromatic rings. The molecule has 0 aliphatic carbocycles. The fraction of sp³-hybridized carbons (Fsp3) is 0.471. The lowest BCUT2D eigenvalue weighted by atomic mass is 9.71. The van der Waals surface area contributed by atoms with Gasteiger partial charge in [0.05, 0.1) is 17.8 Å². The monoisotopic (exact) mass is 322 g/mol. The maximum Gasteiger partial charge on any atom is 0.308 e. The average Bonchev–Trinajstić information content (AvgIpc) is 2.50. The number of aliphatic carboxylic acids is 3. The largest absolute Gasteiger partial charge is 0.481 e. The Kier molecular flexibility index (Phi) is 6.75. The van der Waals surface area contributed by atoms with Gasteiger partial charge in [0.1, 0.15) is 0 Å². The third-order valence-electron chi connectivity index (χ3n) is 4.25. The molecule has 3 N–H and O–H groups in total. The van der Waals surface area contributed by atoms with Gasteiger partial charge >= 0.3 is 17.9 Å². The summed E-state index contributed by atoms with van der Waals surface area (Å²) in [5.74, 6) is -8.56. The number of hydrogen-bond acceptors (Lipinski definition) is 3. The van der Waals surface area contributed by atoms with Crippen LogP contribution < -0.4 is 0 Å². The summed E-state index contributed by atoms with van der Waals surface area (Å²) in [7, 11) is 0. The molecule has 0 bridgehead atoms. The number of hydrogen-bond donors (Lipinski definition) is 3. The smallest absolute Gasteiger partial charge is 0.308 e. The minimum absolute atomic E-state index is 0.0568. The Balaban J connectivity index is 3.37. The van der Waals surface area contributed by atoms with Crippen molar-refractivity contribution in [1.82, 2.24) is 0 Å². The average molecular weight is 322 g/mol. The number of rotatable bonds is 9. The zero-order valence-electron chi connectivity index (χ0n) is 13.2. The molecule has 1 rings (SSSR count). The Morgan fingerprint density at radius 2 is 1.35 bits per heavy atom. The molecule has 0 spiro atoms. The Labute approximate surface area is 134 Å². The maximum atomic E-state index is 11.8. The molecule has 23 heavy (non-hydrogen) atoms. The number of benzene rings is 1. The van der Waals surface area contributed by atoms with Crippen LogP contribution >= 0.6 is 0 Å². The van der Waals surface area contributed by atoms with Gasteiger partial charge in [-0.25, -0.2) is 0 Å². The summed E-state index contributed by atoms with van der Waals surface area (Å²) < 4.78 is 0. The lowest BCUT2D eigenvalue weighted by Crippen LogP contribution is -2.41. The van der Waals surface area contributed by atoms with E-state index in [1.54, 1.807) is 44.2 Å². The van der Waals surface area contributed by atoms with Crippen molar-refractivity contribution in [3.8, 4) is 0 Å². The molecular weight excluding hydrogens is 300 g/mol. The number of carbonyl (C=O) groups is 3. The molecule has 4 atom stereocenters. The molecule has 6 heteroatoms. The molecule has 126 valence electrons. The molecule has 0 amide bonds. The fourth-order valence-electron chi connectivity index (χ4n) is 3.13. The molecule has 0 fully saturated rings. The van der Waals surface area contributed by atoms with Crippen LogP contribution in [0.2, 0.25) is 0 Å². The third-order valence-corrected chi connectivity index (χ3v) is 4.25. The molecule has 0 heterocycles. The lowest BCUT2D eigenvalue weighted by molar-refractivity contribution is -0.163. The van der Waals surface area contributed by atoms with Gasteiger partial charge in [0.25, 0.3) is 0 Å². The quantitative estimate of drug-likeness (QED) is 0.644. The van der Waals surface area contributed by atoms with E-state index in [-0.39, 0.29) is 6.42 Å². The van der Waals surface area contributed by atoms with E-state index in [1.165, 1.54) is 0 Å². The van der Waals surface area contributed by atoms with Crippen LogP contribution in [0, 0.1) is 17.8 Å². The van der Waals surface area contributed by atoms with Gasteiger partial charge in [-0.1, -0.05) is 44.2 Å². The van der Waals surface area contributed by atoms with Crippen molar-refractivity contribution in [2.75, 3.05) is 0 Å². The second kappa shape index (κ2) is 8.31. The van der Waals surface area contributed by atoms with E-state index in [2.05, 4.69) is 0 Å². The Morgan fingerprint density at radius 1 is 0.826 bits per heavy atom. The summed E-state index contributed by atoms with van der Waals surface area (Å²) in [6.45, 7) is 3.32. The standard InChI is InChI=1S/C17H22O6/c1-3-11(10-8-6-5-7-9-10)13(16(20)21)14(17(22)23)12(4-2)15(18)19/h5-9,11-14H,3-4H2,1-2H3,(H,18,19)(H,20,21)(H,22,23). The zero-order chi connectivity index (χ0) is 17.6. The van der Waals surface area contributed by atoms with Crippen molar-refractivity contribution in [2.24, 2.45) is 17.8 Å². The molecule has 4 unspecified atom stereocenters. The fourth-order valence-corrected chi connectivity index (χ4v) is 3.13. The third kappa shape index (κ3) is 4.31. The van der Waals surface area contributed by atoms with Gasteiger partial charge in [-0.15, -0.1) is 0 Å². The summed E-state index contributed by atoms with van der Waals surface area (Å²) in [5, 5.41) is 28.4. The van der Waals surface area contributed by atoms with Crippen LogP contribution in [0.4, 0.5) is 0 Å². The first kappa shape index (κ1) is 18.7. The molecule has 0 saturated heterocycles. The minimum atomic E-state index is -1.49. The van der Waals surface area contributed by atoms with Crippen molar-refractivity contribution in [3.63, 3.8) is 0 Å². The molecule has 1 aromatic carbocycles. The lowest BCUT2D eigenvalue weighted by Gasteiger charge is -2.31. The molecule has 0 radical (unpaired) electrons. The summed E-state index contributed by atoms with van der Waals surface area (Å²) in [6, 6.07) is 8.77. The first-order valence-corrected chi connectivity index (χ1v) is 7.58.